The highest BCUT2D eigenvalue weighted by atomic mass is 35.5. The second-order valence-electron chi connectivity index (χ2n) is 8.31. The third-order valence-corrected chi connectivity index (χ3v) is 6.84. The monoisotopic (exact) mass is 404 g/mol. The van der Waals surface area contributed by atoms with Gasteiger partial charge in [-0.3, -0.25) is 9.59 Å². The molecule has 4 atom stereocenters. The molecule has 1 aromatic carbocycles. The summed E-state index contributed by atoms with van der Waals surface area (Å²) in [5.41, 5.74) is -0.887. The number of benzene rings is 1. The van der Waals surface area contributed by atoms with Gasteiger partial charge in [-0.15, -0.1) is 0 Å². The maximum Gasteiger partial charge on any atom is 0.258 e. The molecule has 0 aliphatic heterocycles. The van der Waals surface area contributed by atoms with Crippen molar-refractivity contribution in [2.45, 2.75) is 44.2 Å². The normalized spacial score (nSPS) is 27.3. The number of carbonyl (C=O) groups excluding carboxylic acids is 1. The van der Waals surface area contributed by atoms with Gasteiger partial charge in [-0.2, -0.15) is 0 Å². The summed E-state index contributed by atoms with van der Waals surface area (Å²) in [4.78, 5) is 25.7. The van der Waals surface area contributed by atoms with E-state index >= 15 is 0 Å². The number of nitrogens with one attached hydrogen (secondary N) is 1. The average molecular weight is 405 g/mol. The Labute approximate surface area is 168 Å². The highest BCUT2D eigenvalue weighted by Gasteiger charge is 2.49. The molecule has 0 radical (unpaired) electrons. The number of aromatic nitrogens is 1. The minimum atomic E-state index is -0.848. The van der Waals surface area contributed by atoms with Crippen LogP contribution in [-0.2, 0) is 0 Å². The van der Waals surface area contributed by atoms with Crippen molar-refractivity contribution < 1.29 is 15.0 Å². The average Bonchev–Trinajstić information content (AvgIpc) is 3.26. The molecule has 28 heavy (non-hydrogen) atoms. The maximum atomic E-state index is 12.9. The maximum absolute atomic E-state index is 12.9. The van der Waals surface area contributed by atoms with Gasteiger partial charge in [-0.1, -0.05) is 11.6 Å². The van der Waals surface area contributed by atoms with Gasteiger partial charge in [0.2, 0.25) is 0 Å². The Hall–Kier alpha value is -1.89. The van der Waals surface area contributed by atoms with Crippen LogP contribution < -0.4 is 10.9 Å². The molecule has 2 fully saturated rings. The van der Waals surface area contributed by atoms with Gasteiger partial charge in [0, 0.05) is 23.5 Å². The zero-order chi connectivity index (χ0) is 20.1. The number of carbonyl (C=O) groups is 1. The molecular weight excluding hydrogens is 380 g/mol. The van der Waals surface area contributed by atoms with Crippen LogP contribution >= 0.6 is 11.6 Å². The molecule has 2 aromatic rings. The molecule has 2 saturated carbocycles. The van der Waals surface area contributed by atoms with Crippen molar-refractivity contribution in [1.29, 1.82) is 0 Å². The molecule has 1 amide bonds. The van der Waals surface area contributed by atoms with E-state index < -0.39 is 5.60 Å². The summed E-state index contributed by atoms with van der Waals surface area (Å²) in [5.74, 6) is 0.409. The number of aliphatic hydroxyl groups excluding tert-OH is 1. The van der Waals surface area contributed by atoms with Gasteiger partial charge in [-0.25, -0.2) is 0 Å². The predicted octanol–water partition coefficient (Wildman–Crippen LogP) is 2.49. The van der Waals surface area contributed by atoms with Crippen LogP contribution in [0.25, 0.3) is 10.8 Å². The lowest BCUT2D eigenvalue weighted by molar-refractivity contribution is -0.0109. The van der Waals surface area contributed by atoms with Crippen molar-refractivity contribution in [2.24, 2.45) is 11.8 Å². The molecule has 6 nitrogen and oxygen atoms in total. The third-order valence-electron chi connectivity index (χ3n) is 6.53. The summed E-state index contributed by atoms with van der Waals surface area (Å²) < 4.78 is 1.44. The molecule has 150 valence electrons. The first-order chi connectivity index (χ1) is 13.3. The van der Waals surface area contributed by atoms with Crippen molar-refractivity contribution in [1.82, 2.24) is 9.88 Å². The molecule has 2 aliphatic rings. The second kappa shape index (κ2) is 7.17. The standard InChI is InChI=1S/C21H25ClN2O4/c1-12(10-25)24-7-6-15-16(20(24)27)4-5-17(22)18(15)19(26)23-11-21(28)9-13-2-3-14(21)8-13/h4-7,12-14,25,28H,2-3,8-11H2,1H3,(H,23,26). The van der Waals surface area contributed by atoms with Crippen LogP contribution in [0.1, 0.15) is 49.0 Å². The van der Waals surface area contributed by atoms with E-state index in [1.807, 2.05) is 0 Å². The largest absolute Gasteiger partial charge is 0.394 e. The van der Waals surface area contributed by atoms with Crippen LogP contribution in [0.4, 0.5) is 0 Å². The summed E-state index contributed by atoms with van der Waals surface area (Å²) in [6.07, 6.45) is 5.50. The first-order valence-corrected chi connectivity index (χ1v) is 10.2. The Morgan fingerprint density at radius 3 is 2.79 bits per heavy atom. The highest BCUT2D eigenvalue weighted by Crippen LogP contribution is 2.50. The molecule has 1 aromatic heterocycles. The van der Waals surface area contributed by atoms with E-state index in [1.165, 1.54) is 4.57 Å². The van der Waals surface area contributed by atoms with Crippen LogP contribution in [-0.4, -0.2) is 39.4 Å². The van der Waals surface area contributed by atoms with Crippen molar-refractivity contribution in [3.8, 4) is 0 Å². The van der Waals surface area contributed by atoms with E-state index in [0.29, 0.717) is 16.7 Å². The number of hydrogen-bond acceptors (Lipinski definition) is 4. The number of halogens is 1. The minimum Gasteiger partial charge on any atom is -0.394 e. The molecule has 4 unspecified atom stereocenters. The first kappa shape index (κ1) is 19.4. The zero-order valence-electron chi connectivity index (χ0n) is 15.8. The van der Waals surface area contributed by atoms with Gasteiger partial charge in [0.15, 0.2) is 0 Å². The summed E-state index contributed by atoms with van der Waals surface area (Å²) in [6.45, 7) is 1.78. The molecule has 3 N–H and O–H groups in total. The fourth-order valence-corrected chi connectivity index (χ4v) is 5.18. The number of amides is 1. The lowest BCUT2D eigenvalue weighted by Gasteiger charge is -2.32. The zero-order valence-corrected chi connectivity index (χ0v) is 16.6. The van der Waals surface area contributed by atoms with Crippen LogP contribution in [0.5, 0.6) is 0 Å². The van der Waals surface area contributed by atoms with E-state index in [2.05, 4.69) is 5.32 Å². The van der Waals surface area contributed by atoms with Crippen LogP contribution in [0.15, 0.2) is 29.2 Å². The van der Waals surface area contributed by atoms with Gasteiger partial charge in [0.1, 0.15) is 0 Å². The Balaban J connectivity index is 1.64. The summed E-state index contributed by atoms with van der Waals surface area (Å²) in [5, 5.41) is 24.2. The Morgan fingerprint density at radius 2 is 2.14 bits per heavy atom. The molecule has 0 spiro atoms. The van der Waals surface area contributed by atoms with E-state index in [1.54, 1.807) is 31.3 Å². The number of pyridine rings is 1. The molecule has 2 bridgehead atoms. The van der Waals surface area contributed by atoms with Crippen molar-refractivity contribution >= 4 is 28.3 Å². The smallest absolute Gasteiger partial charge is 0.258 e. The van der Waals surface area contributed by atoms with Crippen molar-refractivity contribution in [3.05, 3.63) is 45.3 Å². The number of aliphatic hydroxyl groups is 2. The number of hydrogen-bond donors (Lipinski definition) is 3. The number of fused-ring (bicyclic) bond motifs is 3. The van der Waals surface area contributed by atoms with Crippen LogP contribution in [0, 0.1) is 11.8 Å². The highest BCUT2D eigenvalue weighted by molar-refractivity contribution is 6.35. The van der Waals surface area contributed by atoms with Crippen LogP contribution in [0.3, 0.4) is 0 Å². The van der Waals surface area contributed by atoms with Crippen LogP contribution in [0.2, 0.25) is 5.02 Å². The van der Waals surface area contributed by atoms with Gasteiger partial charge in [0.25, 0.3) is 11.5 Å². The Morgan fingerprint density at radius 1 is 1.36 bits per heavy atom. The quantitative estimate of drug-likeness (QED) is 0.714. The topological polar surface area (TPSA) is 91.6 Å². The summed E-state index contributed by atoms with van der Waals surface area (Å²) in [7, 11) is 0. The lowest BCUT2D eigenvalue weighted by atomic mass is 9.84. The lowest BCUT2D eigenvalue weighted by Crippen LogP contribution is -2.46. The van der Waals surface area contributed by atoms with Crippen molar-refractivity contribution in [2.75, 3.05) is 13.2 Å². The number of rotatable bonds is 5. The molecule has 4 rings (SSSR count). The first-order valence-electron chi connectivity index (χ1n) is 9.79. The molecule has 1 heterocycles. The van der Waals surface area contributed by atoms with E-state index in [-0.39, 0.29) is 47.2 Å². The van der Waals surface area contributed by atoms with Gasteiger partial charge in [0.05, 0.1) is 28.8 Å². The molecule has 2 aliphatic carbocycles. The van der Waals surface area contributed by atoms with Gasteiger partial charge < -0.3 is 20.1 Å². The summed E-state index contributed by atoms with van der Waals surface area (Å²) in [6, 6.07) is 4.45. The Kier molecular flexibility index (Phi) is 4.98. The van der Waals surface area contributed by atoms with Gasteiger partial charge in [-0.05, 0) is 62.6 Å². The second-order valence-corrected chi connectivity index (χ2v) is 8.72. The molecule has 0 saturated heterocycles. The molecular formula is C21H25ClN2O4. The SMILES string of the molecule is CC(CO)n1ccc2c(C(=O)NCC3(O)CC4CCC3C4)c(Cl)ccc2c1=O. The minimum absolute atomic E-state index is 0.160. The van der Waals surface area contributed by atoms with Gasteiger partial charge >= 0.3 is 0 Å². The van der Waals surface area contributed by atoms with E-state index in [9.17, 15) is 19.8 Å². The third kappa shape index (κ3) is 3.13. The van der Waals surface area contributed by atoms with E-state index in [0.717, 1.165) is 25.7 Å². The fraction of sp³-hybridized carbons (Fsp3) is 0.524. The van der Waals surface area contributed by atoms with Crippen molar-refractivity contribution in [3.63, 3.8) is 0 Å². The number of nitrogens with zero attached hydrogens (tertiary/aromatic N) is 1. The fourth-order valence-electron chi connectivity index (χ4n) is 4.93. The Bertz CT molecular complexity index is 988. The summed E-state index contributed by atoms with van der Waals surface area (Å²) >= 11 is 6.30. The molecule has 7 heteroatoms. The predicted molar refractivity (Wildman–Crippen MR) is 108 cm³/mol. The van der Waals surface area contributed by atoms with E-state index in [4.69, 9.17) is 11.6 Å².